The number of nitrogens with two attached hydrogens (primary N) is 1. The third-order valence-electron chi connectivity index (χ3n) is 6.40. The van der Waals surface area contributed by atoms with Crippen LogP contribution in [-0.4, -0.2) is 75.7 Å². The van der Waals surface area contributed by atoms with Gasteiger partial charge in [0.05, 0.1) is 14.2 Å². The highest BCUT2D eigenvalue weighted by atomic mass is 16.5. The molecule has 1 saturated heterocycles. The average molecular weight is 432 g/mol. The fraction of sp³-hybridized carbons (Fsp3) is 0.652. The summed E-state index contributed by atoms with van der Waals surface area (Å²) in [5, 5.41) is 3.52. The summed E-state index contributed by atoms with van der Waals surface area (Å²) in [4.78, 5) is 20.5. The van der Waals surface area contributed by atoms with Gasteiger partial charge in [-0.1, -0.05) is 0 Å². The predicted octanol–water partition coefficient (Wildman–Crippen LogP) is 1.61. The molecule has 2 aliphatic heterocycles. The van der Waals surface area contributed by atoms with E-state index in [1.54, 1.807) is 14.2 Å². The molecule has 3 rings (SSSR count). The van der Waals surface area contributed by atoms with Crippen molar-refractivity contribution in [2.45, 2.75) is 38.6 Å². The second kappa shape index (κ2) is 11.2. The SMILES string of the molecule is CN=C(NCCCCN1CCC(C(N)=O)CC1)N1CCc2cc(OC)c(OC)cc2C1. The summed E-state index contributed by atoms with van der Waals surface area (Å²) in [7, 11) is 5.19. The number of rotatable bonds is 8. The van der Waals surface area contributed by atoms with Crippen molar-refractivity contribution in [2.24, 2.45) is 16.6 Å². The van der Waals surface area contributed by atoms with Crippen LogP contribution in [0.1, 0.15) is 36.8 Å². The Kier molecular flexibility index (Phi) is 8.40. The van der Waals surface area contributed by atoms with Gasteiger partial charge < -0.3 is 30.3 Å². The number of ether oxygens (including phenoxy) is 2. The van der Waals surface area contributed by atoms with Crippen molar-refractivity contribution in [2.75, 3.05) is 54.0 Å². The highest BCUT2D eigenvalue weighted by molar-refractivity contribution is 5.80. The summed E-state index contributed by atoms with van der Waals surface area (Å²) in [6, 6.07) is 4.17. The molecule has 1 aromatic carbocycles. The maximum absolute atomic E-state index is 11.3. The quantitative estimate of drug-likeness (QED) is 0.369. The number of fused-ring (bicyclic) bond motifs is 1. The first-order valence-electron chi connectivity index (χ1n) is 11.3. The van der Waals surface area contributed by atoms with E-state index in [0.717, 1.165) is 88.8 Å². The van der Waals surface area contributed by atoms with Crippen LogP contribution in [0.3, 0.4) is 0 Å². The molecule has 0 aliphatic carbocycles. The normalized spacial score (nSPS) is 17.9. The van der Waals surface area contributed by atoms with Crippen molar-refractivity contribution in [1.82, 2.24) is 15.1 Å². The third kappa shape index (κ3) is 6.03. The number of carbonyl (C=O) groups is 1. The number of guanidine groups is 1. The Morgan fingerprint density at radius 1 is 1.13 bits per heavy atom. The zero-order chi connectivity index (χ0) is 22.2. The van der Waals surface area contributed by atoms with E-state index in [-0.39, 0.29) is 11.8 Å². The van der Waals surface area contributed by atoms with Crippen molar-refractivity contribution >= 4 is 11.9 Å². The number of unbranched alkanes of at least 4 members (excludes halogenated alkanes) is 1. The minimum atomic E-state index is -0.145. The topological polar surface area (TPSA) is 92.4 Å². The highest BCUT2D eigenvalue weighted by Crippen LogP contribution is 2.33. The van der Waals surface area contributed by atoms with Gasteiger partial charge in [-0.25, -0.2) is 0 Å². The summed E-state index contributed by atoms with van der Waals surface area (Å²) in [5.41, 5.74) is 7.98. The number of methoxy groups -OCH3 is 2. The van der Waals surface area contributed by atoms with Gasteiger partial charge in [-0.05, 0) is 75.0 Å². The third-order valence-corrected chi connectivity index (χ3v) is 6.40. The Hall–Kier alpha value is -2.48. The van der Waals surface area contributed by atoms with Crippen molar-refractivity contribution in [3.63, 3.8) is 0 Å². The van der Waals surface area contributed by atoms with Crippen LogP contribution in [0.4, 0.5) is 0 Å². The number of nitrogens with zero attached hydrogens (tertiary/aromatic N) is 3. The van der Waals surface area contributed by atoms with E-state index in [0.29, 0.717) is 0 Å². The van der Waals surface area contributed by atoms with Gasteiger partial charge in [0.1, 0.15) is 0 Å². The maximum atomic E-state index is 11.3. The van der Waals surface area contributed by atoms with E-state index in [4.69, 9.17) is 15.2 Å². The van der Waals surface area contributed by atoms with Crippen LogP contribution in [0.25, 0.3) is 0 Å². The van der Waals surface area contributed by atoms with Gasteiger partial charge in [-0.3, -0.25) is 9.79 Å². The number of hydrogen-bond acceptors (Lipinski definition) is 5. The molecule has 3 N–H and O–H groups in total. The number of nitrogens with one attached hydrogen (secondary N) is 1. The summed E-state index contributed by atoms with van der Waals surface area (Å²) in [6.45, 7) is 5.67. The number of aliphatic imine (C=N–C) groups is 1. The van der Waals surface area contributed by atoms with Gasteiger partial charge in [-0.2, -0.15) is 0 Å². The van der Waals surface area contributed by atoms with Crippen molar-refractivity contribution < 1.29 is 14.3 Å². The lowest BCUT2D eigenvalue weighted by Crippen LogP contribution is -2.44. The Morgan fingerprint density at radius 3 is 2.42 bits per heavy atom. The molecule has 172 valence electrons. The minimum absolute atomic E-state index is 0.0666. The van der Waals surface area contributed by atoms with Gasteiger partial charge in [0, 0.05) is 32.6 Å². The maximum Gasteiger partial charge on any atom is 0.220 e. The Labute approximate surface area is 185 Å². The van der Waals surface area contributed by atoms with Crippen LogP contribution >= 0.6 is 0 Å². The first-order valence-corrected chi connectivity index (χ1v) is 11.3. The molecule has 0 unspecified atom stereocenters. The molecule has 1 fully saturated rings. The van der Waals surface area contributed by atoms with E-state index in [1.807, 2.05) is 7.05 Å². The molecular formula is C23H37N5O3. The Bertz CT molecular complexity index is 775. The first-order chi connectivity index (χ1) is 15.0. The second-order valence-electron chi connectivity index (χ2n) is 8.35. The molecule has 1 aromatic rings. The first kappa shape index (κ1) is 23.2. The number of amides is 1. The van der Waals surface area contributed by atoms with E-state index in [9.17, 15) is 4.79 Å². The molecule has 0 saturated carbocycles. The largest absolute Gasteiger partial charge is 0.493 e. The van der Waals surface area contributed by atoms with E-state index < -0.39 is 0 Å². The number of likely N-dealkylation sites (tertiary alicyclic amines) is 1. The highest BCUT2D eigenvalue weighted by Gasteiger charge is 2.23. The molecule has 0 aromatic heterocycles. The molecule has 8 heteroatoms. The van der Waals surface area contributed by atoms with E-state index >= 15 is 0 Å². The number of hydrogen-bond donors (Lipinski definition) is 2. The van der Waals surface area contributed by atoms with Crippen molar-refractivity contribution in [3.8, 4) is 11.5 Å². The monoisotopic (exact) mass is 431 g/mol. The number of primary amides is 1. The molecule has 8 nitrogen and oxygen atoms in total. The van der Waals surface area contributed by atoms with Crippen LogP contribution in [0.2, 0.25) is 0 Å². The van der Waals surface area contributed by atoms with Crippen LogP contribution < -0.4 is 20.5 Å². The van der Waals surface area contributed by atoms with Crippen LogP contribution in [0.5, 0.6) is 11.5 Å². The van der Waals surface area contributed by atoms with Crippen LogP contribution in [0.15, 0.2) is 17.1 Å². The van der Waals surface area contributed by atoms with Gasteiger partial charge in [0.15, 0.2) is 17.5 Å². The fourth-order valence-electron chi connectivity index (χ4n) is 4.50. The minimum Gasteiger partial charge on any atom is -0.493 e. The van der Waals surface area contributed by atoms with Gasteiger partial charge in [0.2, 0.25) is 5.91 Å². The summed E-state index contributed by atoms with van der Waals surface area (Å²) < 4.78 is 10.9. The predicted molar refractivity (Wildman–Crippen MR) is 123 cm³/mol. The summed E-state index contributed by atoms with van der Waals surface area (Å²) in [5.74, 6) is 2.43. The number of benzene rings is 1. The second-order valence-corrected chi connectivity index (χ2v) is 8.35. The molecule has 1 amide bonds. The molecule has 0 atom stereocenters. The molecule has 0 bridgehead atoms. The lowest BCUT2D eigenvalue weighted by Gasteiger charge is -2.32. The van der Waals surface area contributed by atoms with E-state index in [2.05, 4.69) is 32.2 Å². The smallest absolute Gasteiger partial charge is 0.220 e. The number of carbonyl (C=O) groups excluding carboxylic acids is 1. The van der Waals surface area contributed by atoms with Crippen molar-refractivity contribution in [1.29, 1.82) is 0 Å². The summed E-state index contributed by atoms with van der Waals surface area (Å²) >= 11 is 0. The Morgan fingerprint density at radius 2 is 1.81 bits per heavy atom. The molecular weight excluding hydrogens is 394 g/mol. The van der Waals surface area contributed by atoms with E-state index in [1.165, 1.54) is 11.1 Å². The summed E-state index contributed by atoms with van der Waals surface area (Å²) in [6.07, 6.45) is 4.97. The van der Waals surface area contributed by atoms with Crippen LogP contribution in [-0.2, 0) is 17.8 Å². The molecule has 31 heavy (non-hydrogen) atoms. The van der Waals surface area contributed by atoms with Gasteiger partial charge in [0.25, 0.3) is 0 Å². The lowest BCUT2D eigenvalue weighted by atomic mass is 9.96. The fourth-order valence-corrected chi connectivity index (χ4v) is 4.50. The molecule has 2 heterocycles. The molecule has 0 spiro atoms. The van der Waals surface area contributed by atoms with Crippen LogP contribution in [0, 0.1) is 5.92 Å². The molecule has 0 radical (unpaired) electrons. The Balaban J connectivity index is 1.41. The average Bonchev–Trinajstić information content (AvgIpc) is 2.80. The van der Waals surface area contributed by atoms with Gasteiger partial charge >= 0.3 is 0 Å². The standard InChI is InChI=1S/C23H37N5O3/c1-25-23(26-9-4-5-10-27-11-6-17(7-12-27)22(24)29)28-13-8-18-14-20(30-2)21(31-3)15-19(18)16-28/h14-15,17H,4-13,16H2,1-3H3,(H2,24,29)(H,25,26). The zero-order valence-electron chi connectivity index (χ0n) is 19.2. The number of piperidine rings is 1. The lowest BCUT2D eigenvalue weighted by molar-refractivity contribution is -0.123. The zero-order valence-corrected chi connectivity index (χ0v) is 19.2. The molecule has 2 aliphatic rings. The van der Waals surface area contributed by atoms with Crippen molar-refractivity contribution in [3.05, 3.63) is 23.3 Å². The van der Waals surface area contributed by atoms with Gasteiger partial charge in [-0.15, -0.1) is 0 Å².